The number of fused-ring (bicyclic) bond motifs is 13. The molecule has 9 aromatic rings. The van der Waals surface area contributed by atoms with Crippen molar-refractivity contribution in [1.29, 1.82) is 0 Å². The van der Waals surface area contributed by atoms with Crippen LogP contribution in [0.3, 0.4) is 0 Å². The summed E-state index contributed by atoms with van der Waals surface area (Å²) < 4.78 is 6.94. The molecule has 11 rings (SSSR count). The van der Waals surface area contributed by atoms with Gasteiger partial charge in [0, 0.05) is 38.6 Å². The van der Waals surface area contributed by atoms with Crippen LogP contribution in [-0.4, -0.2) is 15.0 Å². The van der Waals surface area contributed by atoms with Gasteiger partial charge in [0.25, 0.3) is 0 Å². The first-order valence-corrected chi connectivity index (χ1v) is 18.1. The largest absolute Gasteiger partial charge is 0.456 e. The third kappa shape index (κ3) is 4.43. The second-order valence-corrected chi connectivity index (χ2v) is 13.7. The summed E-state index contributed by atoms with van der Waals surface area (Å²) in [5, 5.41) is 1.95. The lowest BCUT2D eigenvalue weighted by Crippen LogP contribution is -2.35. The van der Waals surface area contributed by atoms with Gasteiger partial charge >= 0.3 is 0 Å². The highest BCUT2D eigenvalue weighted by Crippen LogP contribution is 2.61. The Morgan fingerprint density at radius 1 is 0.426 bits per heavy atom. The predicted octanol–water partition coefficient (Wildman–Crippen LogP) is 11.8. The molecule has 0 fully saturated rings. The minimum absolute atomic E-state index is 0.607. The Kier molecular flexibility index (Phi) is 6.65. The van der Waals surface area contributed by atoms with Gasteiger partial charge in [-0.15, -0.1) is 0 Å². The summed E-state index contributed by atoms with van der Waals surface area (Å²) in [6, 6.07) is 67.9. The predicted molar refractivity (Wildman–Crippen MR) is 214 cm³/mol. The Bertz CT molecular complexity index is 2860. The maximum Gasteiger partial charge on any atom is 0.164 e. The monoisotopic (exact) mass is 687 g/mol. The van der Waals surface area contributed by atoms with E-state index in [0.29, 0.717) is 17.5 Å². The molecule has 0 saturated heterocycles. The number of hydrogen-bond donors (Lipinski definition) is 0. The fourth-order valence-electron chi connectivity index (χ4n) is 8.53. The van der Waals surface area contributed by atoms with Crippen molar-refractivity contribution in [3.8, 4) is 67.9 Å². The molecule has 2 aliphatic rings. The molecule has 1 aromatic heterocycles. The highest BCUT2D eigenvalue weighted by molar-refractivity contribution is 5.97. The van der Waals surface area contributed by atoms with Crippen molar-refractivity contribution >= 4 is 10.8 Å². The summed E-state index contributed by atoms with van der Waals surface area (Å²) in [4.78, 5) is 15.3. The van der Waals surface area contributed by atoms with E-state index in [4.69, 9.17) is 19.7 Å². The van der Waals surface area contributed by atoms with Crippen LogP contribution in [-0.2, 0) is 5.41 Å². The molecule has 0 radical (unpaired) electrons. The van der Waals surface area contributed by atoms with Gasteiger partial charge in [-0.05, 0) is 63.7 Å². The molecule has 250 valence electrons. The molecule has 1 aliphatic carbocycles. The highest BCUT2D eigenvalue weighted by Gasteiger charge is 2.49. The standard InChI is InChI=1S/C50H29N3O/c1-3-16-33(17-4-1)47-51-48(34-18-5-2-6-19-34)53-49(52-47)35-27-29-40-38-22-10-9-21-37(38)39-23-11-12-24-41(39)50(44(40)31-35)42-25-13-14-26-45(42)54-46-36-20-8-7-15-32(36)28-30-43(46)50/h1-6,8-14,16-31H. The molecule has 0 bridgehead atoms. The molecule has 0 saturated carbocycles. The zero-order valence-electron chi connectivity index (χ0n) is 29.0. The van der Waals surface area contributed by atoms with E-state index >= 15 is 0 Å². The van der Waals surface area contributed by atoms with Crippen LogP contribution < -0.4 is 4.74 Å². The van der Waals surface area contributed by atoms with Crippen LogP contribution in [0.25, 0.3) is 67.2 Å². The van der Waals surface area contributed by atoms with E-state index in [2.05, 4.69) is 121 Å². The van der Waals surface area contributed by atoms with Crippen molar-refractivity contribution < 1.29 is 4.74 Å². The average molecular weight is 688 g/mol. The molecule has 8 aromatic carbocycles. The quantitative estimate of drug-likeness (QED) is 0.185. The molecule has 1 atom stereocenters. The smallest absolute Gasteiger partial charge is 0.164 e. The Labute approximate surface area is 313 Å². The van der Waals surface area contributed by atoms with E-state index in [-0.39, 0.29) is 0 Å². The van der Waals surface area contributed by atoms with Gasteiger partial charge in [-0.1, -0.05) is 158 Å². The van der Waals surface area contributed by atoms with Gasteiger partial charge in [0.05, 0.1) is 5.41 Å². The lowest BCUT2D eigenvalue weighted by molar-refractivity contribution is 0.440. The topological polar surface area (TPSA) is 47.9 Å². The Morgan fingerprint density at radius 3 is 1.70 bits per heavy atom. The maximum atomic E-state index is 6.94. The van der Waals surface area contributed by atoms with Crippen LogP contribution in [0, 0.1) is 12.1 Å². The lowest BCUT2D eigenvalue weighted by atomic mass is 9.61. The number of ether oxygens (including phenoxy) is 1. The maximum absolute atomic E-state index is 6.94. The summed E-state index contributed by atoms with van der Waals surface area (Å²) in [6.07, 6.45) is 0. The molecule has 4 nitrogen and oxygen atoms in total. The fourth-order valence-corrected chi connectivity index (χ4v) is 8.53. The van der Waals surface area contributed by atoms with Gasteiger partial charge in [0.15, 0.2) is 17.5 Å². The summed E-state index contributed by atoms with van der Waals surface area (Å²) in [6.45, 7) is 0. The van der Waals surface area contributed by atoms with Gasteiger partial charge < -0.3 is 4.74 Å². The SMILES string of the molecule is c1ccc2c3c(ccc2c#1)C1(c2ccccc2O3)c2ccccc2-c2ccccc2-c2ccc(-c3nc(-c4ccccc4)nc(-c4ccccc4)n3)cc21. The van der Waals surface area contributed by atoms with E-state index in [1.54, 1.807) is 0 Å². The van der Waals surface area contributed by atoms with E-state index in [9.17, 15) is 0 Å². The van der Waals surface area contributed by atoms with Crippen LogP contribution in [0.5, 0.6) is 11.5 Å². The van der Waals surface area contributed by atoms with Crippen LogP contribution in [0.15, 0.2) is 176 Å². The van der Waals surface area contributed by atoms with E-state index in [0.717, 1.165) is 61.2 Å². The molecule has 0 amide bonds. The van der Waals surface area contributed by atoms with Crippen LogP contribution in [0.4, 0.5) is 0 Å². The molecular weight excluding hydrogens is 659 g/mol. The molecule has 54 heavy (non-hydrogen) atoms. The zero-order chi connectivity index (χ0) is 35.6. The summed E-state index contributed by atoms with van der Waals surface area (Å²) in [5.41, 5.74) is 11.1. The molecule has 2 heterocycles. The Hall–Kier alpha value is -7.35. The van der Waals surface area contributed by atoms with Crippen molar-refractivity contribution in [2.24, 2.45) is 0 Å². The Morgan fingerprint density at radius 2 is 1.00 bits per heavy atom. The van der Waals surface area contributed by atoms with E-state index < -0.39 is 5.41 Å². The van der Waals surface area contributed by atoms with Gasteiger partial charge in [-0.25, -0.2) is 15.0 Å². The van der Waals surface area contributed by atoms with Crippen LogP contribution in [0.1, 0.15) is 22.3 Å². The summed E-state index contributed by atoms with van der Waals surface area (Å²) in [5.74, 6) is 3.50. The fraction of sp³-hybridized carbons (Fsp3) is 0.0200. The number of hydrogen-bond acceptors (Lipinski definition) is 4. The van der Waals surface area contributed by atoms with Crippen LogP contribution in [0.2, 0.25) is 0 Å². The zero-order valence-corrected chi connectivity index (χ0v) is 29.0. The first-order valence-electron chi connectivity index (χ1n) is 18.1. The number of rotatable bonds is 3. The number of aromatic nitrogens is 3. The second-order valence-electron chi connectivity index (χ2n) is 13.7. The molecular formula is C50H29N3O. The average Bonchev–Trinajstić information content (AvgIpc) is 3.35. The Balaban J connectivity index is 1.28. The normalized spacial score (nSPS) is 14.7. The minimum atomic E-state index is -0.781. The van der Waals surface area contributed by atoms with Crippen molar-refractivity contribution in [1.82, 2.24) is 15.0 Å². The lowest BCUT2D eigenvalue weighted by Gasteiger charge is -2.42. The number of para-hydroxylation sites is 1. The first kappa shape index (κ1) is 30.3. The third-order valence-electron chi connectivity index (χ3n) is 10.9. The van der Waals surface area contributed by atoms with Gasteiger partial charge in [0.2, 0.25) is 0 Å². The number of nitrogens with zero attached hydrogens (tertiary/aromatic N) is 3. The first-order chi connectivity index (χ1) is 26.8. The van der Waals surface area contributed by atoms with Crippen molar-refractivity contribution in [3.63, 3.8) is 0 Å². The molecule has 1 unspecified atom stereocenters. The van der Waals surface area contributed by atoms with Crippen molar-refractivity contribution in [2.75, 3.05) is 0 Å². The molecule has 1 aliphatic heterocycles. The van der Waals surface area contributed by atoms with Gasteiger partial charge in [0.1, 0.15) is 11.5 Å². The highest BCUT2D eigenvalue weighted by atomic mass is 16.5. The van der Waals surface area contributed by atoms with Crippen LogP contribution >= 0.6 is 0 Å². The van der Waals surface area contributed by atoms with Gasteiger partial charge in [-0.3, -0.25) is 0 Å². The minimum Gasteiger partial charge on any atom is -0.456 e. The summed E-state index contributed by atoms with van der Waals surface area (Å²) in [7, 11) is 0. The molecule has 4 heteroatoms. The molecule has 0 N–H and O–H groups in total. The van der Waals surface area contributed by atoms with E-state index in [1.807, 2.05) is 66.7 Å². The number of benzene rings is 7. The third-order valence-corrected chi connectivity index (χ3v) is 10.9. The van der Waals surface area contributed by atoms with Crippen molar-refractivity contribution in [3.05, 3.63) is 210 Å². The van der Waals surface area contributed by atoms with Crippen molar-refractivity contribution in [2.45, 2.75) is 5.41 Å². The summed E-state index contributed by atoms with van der Waals surface area (Å²) >= 11 is 0. The van der Waals surface area contributed by atoms with E-state index in [1.165, 1.54) is 22.3 Å². The second kappa shape index (κ2) is 11.8. The molecule has 1 spiro atoms. The van der Waals surface area contributed by atoms with Gasteiger partial charge in [-0.2, -0.15) is 0 Å².